The summed E-state index contributed by atoms with van der Waals surface area (Å²) in [5.41, 5.74) is 1.65. The van der Waals surface area contributed by atoms with Crippen LogP contribution in [-0.2, 0) is 9.59 Å². The highest BCUT2D eigenvalue weighted by Gasteiger charge is 2.17. The molecule has 0 aliphatic carbocycles. The summed E-state index contributed by atoms with van der Waals surface area (Å²) < 4.78 is 5.21. The van der Waals surface area contributed by atoms with Crippen molar-refractivity contribution >= 4 is 50.7 Å². The Morgan fingerprint density at radius 1 is 1.10 bits per heavy atom. The molecule has 3 rings (SSSR count). The van der Waals surface area contributed by atoms with Gasteiger partial charge in [-0.2, -0.15) is 0 Å². The summed E-state index contributed by atoms with van der Waals surface area (Å²) in [6.07, 6.45) is 1.65. The number of amides is 2. The number of nitrogens with one attached hydrogen (secondary N) is 2. The SMILES string of the molecule is COc1ccccc1C(=O)Nc1nc(C)c(-c2csc(NC(=O)/C=C/C(=O)O)n2)s1. The van der Waals surface area contributed by atoms with Crippen LogP contribution in [0.15, 0.2) is 41.8 Å². The van der Waals surface area contributed by atoms with Gasteiger partial charge in [0.2, 0.25) is 5.91 Å². The van der Waals surface area contributed by atoms with Crippen LogP contribution in [0.25, 0.3) is 10.6 Å². The minimum absolute atomic E-state index is 0.317. The molecule has 0 aliphatic rings. The van der Waals surface area contributed by atoms with Crippen molar-refractivity contribution in [2.75, 3.05) is 17.7 Å². The van der Waals surface area contributed by atoms with Crippen LogP contribution in [0, 0.1) is 6.92 Å². The van der Waals surface area contributed by atoms with Crippen molar-refractivity contribution in [1.82, 2.24) is 9.97 Å². The third-order valence-corrected chi connectivity index (χ3v) is 5.57. The number of nitrogens with zero attached hydrogens (tertiary/aromatic N) is 2. The lowest BCUT2D eigenvalue weighted by Gasteiger charge is -2.06. The molecule has 154 valence electrons. The van der Waals surface area contributed by atoms with Gasteiger partial charge in [-0.25, -0.2) is 14.8 Å². The molecule has 0 spiro atoms. The first-order valence-corrected chi connectivity index (χ1v) is 10.2. The van der Waals surface area contributed by atoms with E-state index in [4.69, 9.17) is 9.84 Å². The van der Waals surface area contributed by atoms with E-state index in [1.54, 1.807) is 36.6 Å². The van der Waals surface area contributed by atoms with E-state index >= 15 is 0 Å². The minimum atomic E-state index is -1.21. The second-order valence-corrected chi connectivity index (χ2v) is 7.64. The zero-order valence-corrected chi connectivity index (χ0v) is 17.5. The number of hydrogen-bond acceptors (Lipinski definition) is 8. The summed E-state index contributed by atoms with van der Waals surface area (Å²) in [7, 11) is 1.49. The Labute approximate surface area is 179 Å². The lowest BCUT2D eigenvalue weighted by atomic mass is 10.2. The highest BCUT2D eigenvalue weighted by molar-refractivity contribution is 7.20. The van der Waals surface area contributed by atoms with E-state index in [-0.39, 0.29) is 5.91 Å². The van der Waals surface area contributed by atoms with Crippen molar-refractivity contribution in [3.05, 3.63) is 53.1 Å². The topological polar surface area (TPSA) is 131 Å². The van der Waals surface area contributed by atoms with Crippen LogP contribution < -0.4 is 15.4 Å². The van der Waals surface area contributed by atoms with Gasteiger partial charge < -0.3 is 9.84 Å². The number of aliphatic carboxylic acids is 1. The van der Waals surface area contributed by atoms with Crippen LogP contribution in [0.5, 0.6) is 5.75 Å². The van der Waals surface area contributed by atoms with Crippen LogP contribution in [0.4, 0.5) is 10.3 Å². The Balaban J connectivity index is 1.74. The van der Waals surface area contributed by atoms with Gasteiger partial charge in [0.25, 0.3) is 5.91 Å². The molecular formula is C19H16N4O5S2. The number of thiazole rings is 2. The van der Waals surface area contributed by atoms with E-state index in [0.717, 1.165) is 17.0 Å². The first-order chi connectivity index (χ1) is 14.4. The minimum Gasteiger partial charge on any atom is -0.496 e. The Bertz CT molecular complexity index is 1140. The molecule has 30 heavy (non-hydrogen) atoms. The number of para-hydroxylation sites is 1. The van der Waals surface area contributed by atoms with Gasteiger partial charge in [0.1, 0.15) is 5.75 Å². The summed E-state index contributed by atoms with van der Waals surface area (Å²) in [5, 5.41) is 16.3. The van der Waals surface area contributed by atoms with Gasteiger partial charge in [-0.3, -0.25) is 20.2 Å². The molecule has 2 aromatic heterocycles. The molecule has 3 aromatic rings. The fraction of sp³-hybridized carbons (Fsp3) is 0.105. The molecular weight excluding hydrogens is 428 g/mol. The number of rotatable bonds is 7. The van der Waals surface area contributed by atoms with Crippen LogP contribution in [0.2, 0.25) is 0 Å². The number of carbonyl (C=O) groups is 3. The summed E-state index contributed by atoms with van der Waals surface area (Å²) in [5.74, 6) is -1.69. The monoisotopic (exact) mass is 444 g/mol. The number of ether oxygens (including phenoxy) is 1. The normalized spacial score (nSPS) is 10.7. The fourth-order valence-corrected chi connectivity index (χ4v) is 4.11. The molecule has 0 aliphatic heterocycles. The Morgan fingerprint density at radius 2 is 1.87 bits per heavy atom. The number of carbonyl (C=O) groups excluding carboxylic acids is 2. The maximum atomic E-state index is 12.6. The number of anilines is 2. The van der Waals surface area contributed by atoms with Gasteiger partial charge in [-0.15, -0.1) is 11.3 Å². The van der Waals surface area contributed by atoms with E-state index in [9.17, 15) is 14.4 Å². The van der Waals surface area contributed by atoms with E-state index in [0.29, 0.717) is 33.0 Å². The highest BCUT2D eigenvalue weighted by Crippen LogP contribution is 2.35. The molecule has 9 nitrogen and oxygen atoms in total. The number of benzene rings is 1. The van der Waals surface area contributed by atoms with Crippen molar-refractivity contribution in [3.8, 4) is 16.3 Å². The molecule has 0 unspecified atom stereocenters. The van der Waals surface area contributed by atoms with Crippen molar-refractivity contribution in [2.24, 2.45) is 0 Å². The number of methoxy groups -OCH3 is 1. The fourth-order valence-electron chi connectivity index (χ4n) is 2.41. The second kappa shape index (κ2) is 9.29. The van der Waals surface area contributed by atoms with E-state index in [1.165, 1.54) is 29.8 Å². The molecule has 0 bridgehead atoms. The average Bonchev–Trinajstić information content (AvgIpc) is 3.32. The summed E-state index contributed by atoms with van der Waals surface area (Å²) in [6, 6.07) is 6.87. The van der Waals surface area contributed by atoms with Crippen LogP contribution >= 0.6 is 22.7 Å². The van der Waals surface area contributed by atoms with Gasteiger partial charge in [-0.1, -0.05) is 23.5 Å². The van der Waals surface area contributed by atoms with E-state index in [1.807, 2.05) is 0 Å². The quantitative estimate of drug-likeness (QED) is 0.476. The Hall–Kier alpha value is -3.57. The maximum absolute atomic E-state index is 12.6. The van der Waals surface area contributed by atoms with Crippen molar-refractivity contribution in [2.45, 2.75) is 6.92 Å². The van der Waals surface area contributed by atoms with Gasteiger partial charge in [-0.05, 0) is 19.1 Å². The van der Waals surface area contributed by atoms with Gasteiger partial charge in [0, 0.05) is 17.5 Å². The largest absolute Gasteiger partial charge is 0.496 e. The number of carboxylic acid groups (broad SMARTS) is 1. The predicted octanol–water partition coefficient (Wildman–Crippen LogP) is 3.42. The zero-order valence-electron chi connectivity index (χ0n) is 15.8. The highest BCUT2D eigenvalue weighted by atomic mass is 32.1. The molecule has 1 aromatic carbocycles. The molecule has 0 atom stereocenters. The van der Waals surface area contributed by atoms with Crippen molar-refractivity contribution in [3.63, 3.8) is 0 Å². The molecule has 0 radical (unpaired) electrons. The van der Waals surface area contributed by atoms with Gasteiger partial charge in [0.15, 0.2) is 10.3 Å². The number of aromatic nitrogens is 2. The maximum Gasteiger partial charge on any atom is 0.328 e. The molecule has 2 amide bonds. The number of carboxylic acids is 1. The smallest absolute Gasteiger partial charge is 0.328 e. The molecule has 2 heterocycles. The Morgan fingerprint density at radius 3 is 2.60 bits per heavy atom. The number of aryl methyl sites for hydroxylation is 1. The van der Waals surface area contributed by atoms with E-state index in [2.05, 4.69) is 20.6 Å². The predicted molar refractivity (Wildman–Crippen MR) is 114 cm³/mol. The number of hydrogen-bond donors (Lipinski definition) is 3. The molecule has 0 saturated carbocycles. The summed E-state index contributed by atoms with van der Waals surface area (Å²) in [4.78, 5) is 44.1. The van der Waals surface area contributed by atoms with Crippen molar-refractivity contribution < 1.29 is 24.2 Å². The second-order valence-electron chi connectivity index (χ2n) is 5.79. The lowest BCUT2D eigenvalue weighted by Crippen LogP contribution is -2.12. The van der Waals surface area contributed by atoms with Crippen molar-refractivity contribution in [1.29, 1.82) is 0 Å². The third-order valence-electron chi connectivity index (χ3n) is 3.71. The third kappa shape index (κ3) is 5.07. The van der Waals surface area contributed by atoms with Crippen LogP contribution in [0.3, 0.4) is 0 Å². The lowest BCUT2D eigenvalue weighted by molar-refractivity contribution is -0.131. The van der Waals surface area contributed by atoms with E-state index < -0.39 is 11.9 Å². The Kier molecular flexibility index (Phi) is 6.54. The van der Waals surface area contributed by atoms with Gasteiger partial charge >= 0.3 is 5.97 Å². The molecule has 0 fully saturated rings. The molecule has 11 heteroatoms. The molecule has 0 saturated heterocycles. The van der Waals surface area contributed by atoms with Crippen LogP contribution in [0.1, 0.15) is 16.1 Å². The summed E-state index contributed by atoms with van der Waals surface area (Å²) in [6.45, 7) is 1.79. The first-order valence-electron chi connectivity index (χ1n) is 8.47. The summed E-state index contributed by atoms with van der Waals surface area (Å²) >= 11 is 2.44. The molecule has 3 N–H and O–H groups in total. The standard InChI is InChI=1S/C19H16N4O5S2/c1-10-16(12-9-29-18(21-12)22-14(24)7-8-15(25)26)30-19(20-10)23-17(27)11-5-3-4-6-13(11)28-2/h3-9H,1-2H3,(H,25,26)(H,20,23,27)(H,21,22,24)/b8-7+. The van der Waals surface area contributed by atoms with Crippen LogP contribution in [-0.4, -0.2) is 40.0 Å². The first kappa shape index (κ1) is 21.1. The zero-order chi connectivity index (χ0) is 21.7. The van der Waals surface area contributed by atoms with Gasteiger partial charge in [0.05, 0.1) is 28.9 Å². The average molecular weight is 444 g/mol.